The van der Waals surface area contributed by atoms with Gasteiger partial charge in [0.1, 0.15) is 5.82 Å². The third-order valence-corrected chi connectivity index (χ3v) is 3.65. The summed E-state index contributed by atoms with van der Waals surface area (Å²) in [4.78, 5) is 12.0. The number of carboxylic acid groups (broad SMARTS) is 1. The molecule has 6 heteroatoms. The van der Waals surface area contributed by atoms with Gasteiger partial charge >= 0.3 is 5.97 Å². The van der Waals surface area contributed by atoms with Crippen molar-refractivity contribution in [1.82, 2.24) is 0 Å². The summed E-state index contributed by atoms with van der Waals surface area (Å²) in [6.45, 7) is 0. The molecule has 0 radical (unpaired) electrons. The zero-order valence-electron chi connectivity index (χ0n) is 9.56. The number of aromatic carboxylic acids is 1. The average molecular weight is 298 g/mol. The van der Waals surface area contributed by atoms with Crippen LogP contribution >= 0.6 is 23.4 Å². The van der Waals surface area contributed by atoms with E-state index in [-0.39, 0.29) is 5.69 Å². The fraction of sp³-hybridized carbons (Fsp3) is 0. The predicted molar refractivity (Wildman–Crippen MR) is 73.3 cm³/mol. The lowest BCUT2D eigenvalue weighted by molar-refractivity contribution is 0.0692. The quantitative estimate of drug-likeness (QED) is 0.843. The molecule has 0 bridgehead atoms. The monoisotopic (exact) mass is 297 g/mol. The van der Waals surface area contributed by atoms with Gasteiger partial charge in [-0.05, 0) is 30.3 Å². The summed E-state index contributed by atoms with van der Waals surface area (Å²) >= 11 is 7.07. The van der Waals surface area contributed by atoms with Crippen molar-refractivity contribution < 1.29 is 14.3 Å². The third-order valence-electron chi connectivity index (χ3n) is 2.35. The lowest BCUT2D eigenvalue weighted by atomic mass is 10.2. The van der Waals surface area contributed by atoms with Crippen molar-refractivity contribution >= 4 is 35.0 Å². The third kappa shape index (κ3) is 3.19. The smallest absolute Gasteiger partial charge is 0.338 e. The minimum absolute atomic E-state index is 0.212. The van der Waals surface area contributed by atoms with E-state index in [9.17, 15) is 9.18 Å². The number of hydrogen-bond donors (Lipinski definition) is 2. The Labute approximate surface area is 118 Å². The van der Waals surface area contributed by atoms with E-state index in [0.29, 0.717) is 9.92 Å². The van der Waals surface area contributed by atoms with Crippen LogP contribution in [-0.2, 0) is 0 Å². The zero-order chi connectivity index (χ0) is 14.0. The topological polar surface area (TPSA) is 63.3 Å². The van der Waals surface area contributed by atoms with Crippen LogP contribution in [0.25, 0.3) is 0 Å². The molecule has 0 unspecified atom stereocenters. The van der Waals surface area contributed by atoms with Crippen molar-refractivity contribution in [3.63, 3.8) is 0 Å². The van der Waals surface area contributed by atoms with E-state index in [1.54, 1.807) is 24.3 Å². The summed E-state index contributed by atoms with van der Waals surface area (Å²) in [6, 6.07) is 9.24. The summed E-state index contributed by atoms with van der Waals surface area (Å²) < 4.78 is 13.6. The number of carboxylic acids is 1. The molecule has 0 aliphatic heterocycles. The van der Waals surface area contributed by atoms with Crippen molar-refractivity contribution in [3.8, 4) is 0 Å². The molecule has 0 fully saturated rings. The Kier molecular flexibility index (Phi) is 3.97. The van der Waals surface area contributed by atoms with E-state index in [0.717, 1.165) is 17.0 Å². The Bertz CT molecular complexity index is 649. The van der Waals surface area contributed by atoms with Gasteiger partial charge in [-0.25, -0.2) is 9.18 Å². The number of carbonyl (C=O) groups is 1. The Hall–Kier alpha value is -1.72. The van der Waals surface area contributed by atoms with Crippen LogP contribution in [0.1, 0.15) is 10.4 Å². The number of rotatable bonds is 3. The van der Waals surface area contributed by atoms with Crippen LogP contribution in [0.2, 0.25) is 5.02 Å². The number of benzene rings is 2. The summed E-state index contributed by atoms with van der Waals surface area (Å²) in [5.41, 5.74) is 5.50. The molecule has 19 heavy (non-hydrogen) atoms. The van der Waals surface area contributed by atoms with Crippen molar-refractivity contribution in [2.75, 3.05) is 5.73 Å². The molecule has 0 saturated heterocycles. The maximum atomic E-state index is 13.6. The molecule has 0 aromatic heterocycles. The minimum Gasteiger partial charge on any atom is -0.478 e. The van der Waals surface area contributed by atoms with E-state index in [2.05, 4.69) is 0 Å². The van der Waals surface area contributed by atoms with Gasteiger partial charge in [0.2, 0.25) is 0 Å². The fourth-order valence-corrected chi connectivity index (χ4v) is 2.66. The van der Waals surface area contributed by atoms with Crippen molar-refractivity contribution in [1.29, 1.82) is 0 Å². The molecule has 0 amide bonds. The van der Waals surface area contributed by atoms with Crippen LogP contribution in [-0.4, -0.2) is 11.1 Å². The number of hydrogen-bond acceptors (Lipinski definition) is 3. The van der Waals surface area contributed by atoms with Gasteiger partial charge in [-0.15, -0.1) is 0 Å². The summed E-state index contributed by atoms with van der Waals surface area (Å²) in [5.74, 6) is -2.16. The molecular weight excluding hydrogens is 289 g/mol. The summed E-state index contributed by atoms with van der Waals surface area (Å²) in [7, 11) is 0. The average Bonchev–Trinajstić information content (AvgIpc) is 2.33. The predicted octanol–water partition coefficient (Wildman–Crippen LogP) is 3.91. The van der Waals surface area contributed by atoms with E-state index < -0.39 is 17.3 Å². The van der Waals surface area contributed by atoms with Gasteiger partial charge in [0.25, 0.3) is 0 Å². The van der Waals surface area contributed by atoms with E-state index in [1.165, 1.54) is 11.8 Å². The maximum absolute atomic E-state index is 13.6. The second-order valence-electron chi connectivity index (χ2n) is 3.73. The molecule has 0 heterocycles. The molecule has 0 aliphatic carbocycles. The van der Waals surface area contributed by atoms with Crippen molar-refractivity contribution in [3.05, 3.63) is 52.8 Å². The zero-order valence-corrected chi connectivity index (χ0v) is 11.1. The Morgan fingerprint density at radius 2 is 2.05 bits per heavy atom. The van der Waals surface area contributed by atoms with Gasteiger partial charge in [0.05, 0.1) is 5.56 Å². The molecule has 0 saturated carbocycles. The van der Waals surface area contributed by atoms with Crippen LogP contribution in [0.15, 0.2) is 46.2 Å². The van der Waals surface area contributed by atoms with Gasteiger partial charge in [0.15, 0.2) is 0 Å². The number of anilines is 1. The van der Waals surface area contributed by atoms with Crippen LogP contribution < -0.4 is 5.73 Å². The molecule has 0 atom stereocenters. The van der Waals surface area contributed by atoms with Crippen molar-refractivity contribution in [2.24, 2.45) is 0 Å². The summed E-state index contributed by atoms with van der Waals surface area (Å²) in [5, 5.41) is 9.35. The lowest BCUT2D eigenvalue weighted by Gasteiger charge is -2.08. The maximum Gasteiger partial charge on any atom is 0.338 e. The van der Waals surface area contributed by atoms with E-state index >= 15 is 0 Å². The first-order chi connectivity index (χ1) is 8.97. The Balaban J connectivity index is 2.36. The van der Waals surface area contributed by atoms with Crippen LogP contribution in [0.3, 0.4) is 0 Å². The molecule has 3 N–H and O–H groups in total. The molecule has 2 rings (SSSR count). The number of nitrogen functional groups attached to an aromatic ring is 1. The lowest BCUT2D eigenvalue weighted by Crippen LogP contribution is -2.03. The highest BCUT2D eigenvalue weighted by molar-refractivity contribution is 7.99. The van der Waals surface area contributed by atoms with Crippen LogP contribution in [0.5, 0.6) is 0 Å². The summed E-state index contributed by atoms with van der Waals surface area (Å²) in [6.07, 6.45) is 0. The second kappa shape index (κ2) is 5.50. The van der Waals surface area contributed by atoms with E-state index in [4.69, 9.17) is 22.4 Å². The van der Waals surface area contributed by atoms with Crippen molar-refractivity contribution in [2.45, 2.75) is 9.79 Å². The van der Waals surface area contributed by atoms with E-state index in [1.807, 2.05) is 0 Å². The first-order valence-corrected chi connectivity index (χ1v) is 6.42. The standard InChI is InChI=1S/C13H9ClFNO2S/c14-7-2-1-3-8(4-7)19-12-6-10(15)9(13(17)18)5-11(12)16/h1-6H,16H2,(H,17,18). The molecular formula is C13H9ClFNO2S. The van der Waals surface area contributed by atoms with Gasteiger partial charge in [-0.3, -0.25) is 0 Å². The van der Waals surface area contributed by atoms with Gasteiger partial charge < -0.3 is 10.8 Å². The molecule has 0 aliphatic rings. The Morgan fingerprint density at radius 1 is 1.32 bits per heavy atom. The molecule has 2 aromatic carbocycles. The number of halogens is 2. The fourth-order valence-electron chi connectivity index (χ4n) is 1.48. The molecule has 3 nitrogen and oxygen atoms in total. The van der Waals surface area contributed by atoms with Gasteiger partial charge in [-0.2, -0.15) is 0 Å². The highest BCUT2D eigenvalue weighted by atomic mass is 35.5. The van der Waals surface area contributed by atoms with Gasteiger partial charge in [0, 0.05) is 20.5 Å². The normalized spacial score (nSPS) is 10.4. The second-order valence-corrected chi connectivity index (χ2v) is 5.29. The van der Waals surface area contributed by atoms with Crippen LogP contribution in [0.4, 0.5) is 10.1 Å². The molecule has 98 valence electrons. The largest absolute Gasteiger partial charge is 0.478 e. The van der Waals surface area contributed by atoms with Gasteiger partial charge in [-0.1, -0.05) is 29.4 Å². The first kappa shape index (κ1) is 13.7. The number of nitrogens with two attached hydrogens (primary N) is 1. The Morgan fingerprint density at radius 3 is 2.68 bits per heavy atom. The molecule has 0 spiro atoms. The highest BCUT2D eigenvalue weighted by Crippen LogP contribution is 2.34. The SMILES string of the molecule is Nc1cc(C(=O)O)c(F)cc1Sc1cccc(Cl)c1. The molecule has 2 aromatic rings. The van der Waals surface area contributed by atoms with Crippen LogP contribution in [0, 0.1) is 5.82 Å². The first-order valence-electron chi connectivity index (χ1n) is 5.23. The highest BCUT2D eigenvalue weighted by Gasteiger charge is 2.14. The minimum atomic E-state index is -1.34.